The summed E-state index contributed by atoms with van der Waals surface area (Å²) in [5.74, 6) is 0. The summed E-state index contributed by atoms with van der Waals surface area (Å²) in [6.45, 7) is 2.10. The van der Waals surface area contributed by atoms with Crippen molar-refractivity contribution in [1.29, 1.82) is 0 Å². The van der Waals surface area contributed by atoms with Gasteiger partial charge in [0.2, 0.25) is 0 Å². The third-order valence-corrected chi connectivity index (χ3v) is 4.02. The summed E-state index contributed by atoms with van der Waals surface area (Å²) in [5, 5.41) is 1.03. The lowest BCUT2D eigenvalue weighted by atomic mass is 10.1. The summed E-state index contributed by atoms with van der Waals surface area (Å²) in [7, 11) is 0. The smallest absolute Gasteiger partial charge is 0.274 e. The molecule has 20 heavy (non-hydrogen) atoms. The van der Waals surface area contributed by atoms with E-state index in [9.17, 15) is 4.79 Å². The molecule has 1 fully saturated rings. The summed E-state index contributed by atoms with van der Waals surface area (Å²) in [5.41, 5.74) is 5.07. The van der Waals surface area contributed by atoms with E-state index in [2.05, 4.69) is 17.3 Å². The van der Waals surface area contributed by atoms with Gasteiger partial charge < -0.3 is 5.43 Å². The van der Waals surface area contributed by atoms with Crippen molar-refractivity contribution in [3.05, 3.63) is 40.3 Å². The van der Waals surface area contributed by atoms with Crippen molar-refractivity contribution < 1.29 is 0 Å². The first kappa shape index (κ1) is 13.2. The van der Waals surface area contributed by atoms with E-state index in [1.54, 1.807) is 10.9 Å². The van der Waals surface area contributed by atoms with Crippen LogP contribution >= 0.6 is 0 Å². The quantitative estimate of drug-likeness (QED) is 0.930. The van der Waals surface area contributed by atoms with Crippen molar-refractivity contribution in [2.45, 2.75) is 51.5 Å². The molecule has 1 aliphatic rings. The van der Waals surface area contributed by atoms with E-state index >= 15 is 0 Å². The van der Waals surface area contributed by atoms with E-state index in [1.807, 2.05) is 18.2 Å². The minimum absolute atomic E-state index is 0.0601. The van der Waals surface area contributed by atoms with Crippen LogP contribution in [0.4, 0.5) is 0 Å². The molecule has 2 aromatic rings. The molecule has 2 aromatic heterocycles. The highest BCUT2D eigenvalue weighted by Gasteiger charge is 2.17. The Balaban J connectivity index is 2.10. The van der Waals surface area contributed by atoms with E-state index in [0.717, 1.165) is 42.3 Å². The number of nitrogens with zero attached hydrogens (tertiary/aromatic N) is 2. The van der Waals surface area contributed by atoms with E-state index < -0.39 is 0 Å². The van der Waals surface area contributed by atoms with Gasteiger partial charge in [0, 0.05) is 23.2 Å². The van der Waals surface area contributed by atoms with Gasteiger partial charge in [-0.15, -0.1) is 0 Å². The number of hydrogen-bond donors (Lipinski definition) is 1. The number of aromatic nitrogens is 2. The maximum atomic E-state index is 12.6. The molecule has 4 nitrogen and oxygen atoms in total. The van der Waals surface area contributed by atoms with Gasteiger partial charge in [-0.2, -0.15) is 0 Å². The predicted octanol–water partition coefficient (Wildman–Crippen LogP) is 2.84. The zero-order valence-corrected chi connectivity index (χ0v) is 11.9. The van der Waals surface area contributed by atoms with Crippen LogP contribution in [0.25, 0.3) is 11.0 Å². The van der Waals surface area contributed by atoms with Gasteiger partial charge >= 0.3 is 0 Å². The topological polar surface area (TPSA) is 46.9 Å². The minimum Gasteiger partial charge on any atom is -0.318 e. The molecule has 0 amide bonds. The molecule has 0 radical (unpaired) electrons. The molecule has 0 spiro atoms. The van der Waals surface area contributed by atoms with Crippen LogP contribution in [0.3, 0.4) is 0 Å². The Bertz CT molecular complexity index is 656. The largest absolute Gasteiger partial charge is 0.318 e. The maximum absolute atomic E-state index is 12.6. The second-order valence-corrected chi connectivity index (χ2v) is 5.59. The zero-order chi connectivity index (χ0) is 13.9. The highest BCUT2D eigenvalue weighted by atomic mass is 16.1. The van der Waals surface area contributed by atoms with Gasteiger partial charge in [-0.1, -0.05) is 26.2 Å². The molecule has 0 atom stereocenters. The average molecular weight is 271 g/mol. The molecule has 0 saturated heterocycles. The lowest BCUT2D eigenvalue weighted by Crippen LogP contribution is -2.36. The Labute approximate surface area is 118 Å². The lowest BCUT2D eigenvalue weighted by molar-refractivity contribution is 0.648. The Morgan fingerprint density at radius 3 is 2.95 bits per heavy atom. The number of pyridine rings is 2. The fourth-order valence-electron chi connectivity index (χ4n) is 3.00. The van der Waals surface area contributed by atoms with Crippen LogP contribution in [0.5, 0.6) is 0 Å². The Kier molecular flexibility index (Phi) is 3.72. The van der Waals surface area contributed by atoms with E-state index in [0.29, 0.717) is 6.04 Å². The molecule has 0 aliphatic heterocycles. The van der Waals surface area contributed by atoms with Crippen molar-refractivity contribution in [2.24, 2.45) is 0 Å². The van der Waals surface area contributed by atoms with Crippen LogP contribution in [-0.2, 0) is 6.42 Å². The molecule has 1 saturated carbocycles. The normalized spacial score (nSPS) is 15.8. The zero-order valence-electron chi connectivity index (χ0n) is 11.9. The molecule has 106 valence electrons. The van der Waals surface area contributed by atoms with Gasteiger partial charge in [-0.3, -0.25) is 4.79 Å². The number of aryl methyl sites for hydroxylation is 1. The Morgan fingerprint density at radius 1 is 1.40 bits per heavy atom. The Hall–Kier alpha value is -1.84. The maximum Gasteiger partial charge on any atom is 0.274 e. The fourth-order valence-corrected chi connectivity index (χ4v) is 3.00. The number of fused-ring (bicyclic) bond motifs is 1. The van der Waals surface area contributed by atoms with Crippen LogP contribution in [-0.4, -0.2) is 15.7 Å². The van der Waals surface area contributed by atoms with Gasteiger partial charge in [-0.25, -0.2) is 9.66 Å². The SMILES string of the molecule is CCCc1cc2cccnc2n(NC2CCCC2)c1=O. The highest BCUT2D eigenvalue weighted by Crippen LogP contribution is 2.19. The van der Waals surface area contributed by atoms with Crippen molar-refractivity contribution in [2.75, 3.05) is 5.43 Å². The molecular weight excluding hydrogens is 250 g/mol. The van der Waals surface area contributed by atoms with Crippen LogP contribution in [0.1, 0.15) is 44.6 Å². The van der Waals surface area contributed by atoms with Gasteiger partial charge in [0.25, 0.3) is 5.56 Å². The van der Waals surface area contributed by atoms with Crippen LogP contribution in [0.15, 0.2) is 29.2 Å². The van der Waals surface area contributed by atoms with Crippen molar-refractivity contribution in [3.63, 3.8) is 0 Å². The summed E-state index contributed by atoms with van der Waals surface area (Å²) in [6.07, 6.45) is 8.30. The molecule has 2 heterocycles. The standard InChI is InChI=1S/C16H21N3O/c1-2-6-13-11-12-7-5-10-17-15(12)19(16(13)20)18-14-8-3-4-9-14/h5,7,10-11,14,18H,2-4,6,8-9H2,1H3. The molecule has 1 N–H and O–H groups in total. The lowest BCUT2D eigenvalue weighted by Gasteiger charge is -2.18. The van der Waals surface area contributed by atoms with E-state index in [-0.39, 0.29) is 5.56 Å². The summed E-state index contributed by atoms with van der Waals surface area (Å²) in [6, 6.07) is 6.33. The molecule has 1 aliphatic carbocycles. The number of rotatable bonds is 4. The third-order valence-electron chi connectivity index (χ3n) is 4.02. The minimum atomic E-state index is 0.0601. The fraction of sp³-hybridized carbons (Fsp3) is 0.500. The van der Waals surface area contributed by atoms with Crippen LogP contribution < -0.4 is 11.0 Å². The summed E-state index contributed by atoms with van der Waals surface area (Å²) < 4.78 is 1.68. The molecular formula is C16H21N3O. The first-order chi connectivity index (χ1) is 9.79. The van der Waals surface area contributed by atoms with Gasteiger partial charge in [0.05, 0.1) is 0 Å². The molecule has 4 heteroatoms. The molecule has 0 unspecified atom stereocenters. The average Bonchev–Trinajstić information content (AvgIpc) is 2.97. The second kappa shape index (κ2) is 5.65. The summed E-state index contributed by atoms with van der Waals surface area (Å²) in [4.78, 5) is 17.0. The predicted molar refractivity (Wildman–Crippen MR) is 81.6 cm³/mol. The van der Waals surface area contributed by atoms with Crippen LogP contribution in [0, 0.1) is 0 Å². The van der Waals surface area contributed by atoms with Crippen molar-refractivity contribution in [1.82, 2.24) is 9.66 Å². The van der Waals surface area contributed by atoms with E-state index in [1.165, 1.54) is 12.8 Å². The number of hydrogen-bond acceptors (Lipinski definition) is 3. The third kappa shape index (κ3) is 2.42. The Morgan fingerprint density at radius 2 is 2.20 bits per heavy atom. The van der Waals surface area contributed by atoms with Crippen molar-refractivity contribution in [3.8, 4) is 0 Å². The van der Waals surface area contributed by atoms with E-state index in [4.69, 9.17) is 0 Å². The van der Waals surface area contributed by atoms with Gasteiger partial charge in [0.1, 0.15) is 0 Å². The number of nitrogens with one attached hydrogen (secondary N) is 1. The monoisotopic (exact) mass is 271 g/mol. The van der Waals surface area contributed by atoms with Gasteiger partial charge in [-0.05, 0) is 37.5 Å². The van der Waals surface area contributed by atoms with Gasteiger partial charge in [0.15, 0.2) is 5.65 Å². The summed E-state index contributed by atoms with van der Waals surface area (Å²) >= 11 is 0. The van der Waals surface area contributed by atoms with Crippen LogP contribution in [0.2, 0.25) is 0 Å². The second-order valence-electron chi connectivity index (χ2n) is 5.59. The first-order valence-corrected chi connectivity index (χ1v) is 7.56. The molecule has 3 rings (SSSR count). The highest BCUT2D eigenvalue weighted by molar-refractivity contribution is 5.75. The molecule has 0 bridgehead atoms. The first-order valence-electron chi connectivity index (χ1n) is 7.56. The molecule has 0 aromatic carbocycles. The van der Waals surface area contributed by atoms with Crippen molar-refractivity contribution >= 4 is 11.0 Å².